The molecule has 30 heavy (non-hydrogen) atoms. The van der Waals surface area contributed by atoms with Gasteiger partial charge >= 0.3 is 5.97 Å². The Balaban J connectivity index is 1.81. The molecule has 0 aliphatic carbocycles. The van der Waals surface area contributed by atoms with Gasteiger partial charge in [0.25, 0.3) is 0 Å². The fourth-order valence-corrected chi connectivity index (χ4v) is 2.80. The van der Waals surface area contributed by atoms with E-state index in [-0.39, 0.29) is 17.3 Å². The van der Waals surface area contributed by atoms with E-state index in [1.165, 1.54) is 6.26 Å². The molecule has 0 N–H and O–H groups in total. The van der Waals surface area contributed by atoms with Crippen LogP contribution >= 0.6 is 0 Å². The first-order valence-electron chi connectivity index (χ1n) is 9.96. The van der Waals surface area contributed by atoms with E-state index in [4.69, 9.17) is 18.6 Å². The maximum absolute atomic E-state index is 12.8. The summed E-state index contributed by atoms with van der Waals surface area (Å²) < 4.78 is 22.3. The first-order valence-corrected chi connectivity index (χ1v) is 9.96. The monoisotopic (exact) mass is 410 g/mol. The van der Waals surface area contributed by atoms with E-state index in [2.05, 4.69) is 0 Å². The summed E-state index contributed by atoms with van der Waals surface area (Å²) in [5.74, 6) is 0.677. The van der Waals surface area contributed by atoms with Gasteiger partial charge in [-0.05, 0) is 63.4 Å². The van der Waals surface area contributed by atoms with Gasteiger partial charge in [0.05, 0.1) is 11.5 Å². The Hall–Kier alpha value is -3.28. The zero-order chi connectivity index (χ0) is 21.8. The minimum Gasteiger partial charge on any atom is -0.479 e. The Morgan fingerprint density at radius 3 is 2.57 bits per heavy atom. The van der Waals surface area contributed by atoms with Gasteiger partial charge in [-0.2, -0.15) is 0 Å². The highest BCUT2D eigenvalue weighted by Crippen LogP contribution is 2.27. The third kappa shape index (κ3) is 4.82. The molecule has 0 fully saturated rings. The van der Waals surface area contributed by atoms with Gasteiger partial charge in [-0.15, -0.1) is 0 Å². The van der Waals surface area contributed by atoms with Crippen molar-refractivity contribution in [1.82, 2.24) is 0 Å². The molecule has 2 aromatic carbocycles. The molecular formula is C24H26O6. The largest absolute Gasteiger partial charge is 0.479 e. The number of fused-ring (bicyclic) bond motifs is 1. The van der Waals surface area contributed by atoms with Gasteiger partial charge in [0.2, 0.25) is 11.2 Å². The number of hydrogen-bond acceptors (Lipinski definition) is 6. The molecule has 2 atom stereocenters. The average Bonchev–Trinajstić information content (AvgIpc) is 2.72. The van der Waals surface area contributed by atoms with Crippen molar-refractivity contribution in [3.05, 3.63) is 64.0 Å². The molecule has 1 aromatic heterocycles. The van der Waals surface area contributed by atoms with E-state index in [1.54, 1.807) is 25.1 Å². The SMILES string of the molecule is CC[C@@H](C)OC(=O)[C@@H](C)Oc1ccc2c(=O)c(Oc3cc(C)ccc3C)coc2c1. The van der Waals surface area contributed by atoms with Crippen LogP contribution < -0.4 is 14.9 Å². The van der Waals surface area contributed by atoms with Crippen LogP contribution in [0.5, 0.6) is 17.2 Å². The summed E-state index contributed by atoms with van der Waals surface area (Å²) in [5, 5.41) is 0.361. The van der Waals surface area contributed by atoms with Gasteiger partial charge < -0.3 is 18.6 Å². The van der Waals surface area contributed by atoms with Gasteiger partial charge in [0, 0.05) is 6.07 Å². The van der Waals surface area contributed by atoms with E-state index < -0.39 is 12.1 Å². The first-order chi connectivity index (χ1) is 14.3. The van der Waals surface area contributed by atoms with Crippen molar-refractivity contribution in [1.29, 1.82) is 0 Å². The number of benzene rings is 2. The van der Waals surface area contributed by atoms with Crippen molar-refractivity contribution in [2.24, 2.45) is 0 Å². The van der Waals surface area contributed by atoms with Gasteiger partial charge in [-0.3, -0.25) is 4.79 Å². The third-order valence-electron chi connectivity index (χ3n) is 4.82. The Labute approximate surface area is 175 Å². The van der Waals surface area contributed by atoms with Gasteiger partial charge in [0.1, 0.15) is 23.3 Å². The minimum absolute atomic E-state index is 0.107. The Bertz CT molecular complexity index is 1110. The predicted molar refractivity (Wildman–Crippen MR) is 114 cm³/mol. The molecule has 0 aliphatic heterocycles. The van der Waals surface area contributed by atoms with Crippen molar-refractivity contribution in [3.8, 4) is 17.2 Å². The standard InChI is InChI=1S/C24H26O6/c1-6-16(4)28-24(26)17(5)29-18-9-10-19-21(12-18)27-13-22(23(19)25)30-20-11-14(2)7-8-15(20)3/h7-13,16-17H,6H2,1-5H3/t16-,17-/m1/s1. The van der Waals surface area contributed by atoms with E-state index >= 15 is 0 Å². The van der Waals surface area contributed by atoms with E-state index in [1.807, 2.05) is 45.9 Å². The first kappa shape index (κ1) is 21.4. The quantitative estimate of drug-likeness (QED) is 0.491. The summed E-state index contributed by atoms with van der Waals surface area (Å²) in [6.07, 6.45) is 1.06. The third-order valence-corrected chi connectivity index (χ3v) is 4.82. The maximum atomic E-state index is 12.8. The fraction of sp³-hybridized carbons (Fsp3) is 0.333. The molecule has 158 valence electrons. The summed E-state index contributed by atoms with van der Waals surface area (Å²) >= 11 is 0. The van der Waals surface area contributed by atoms with Crippen LogP contribution in [-0.4, -0.2) is 18.2 Å². The number of carbonyl (C=O) groups is 1. The molecular weight excluding hydrogens is 384 g/mol. The van der Waals surface area contributed by atoms with Crippen LogP contribution in [0.2, 0.25) is 0 Å². The molecule has 0 radical (unpaired) electrons. The fourth-order valence-electron chi connectivity index (χ4n) is 2.80. The highest BCUT2D eigenvalue weighted by molar-refractivity contribution is 5.79. The molecule has 3 rings (SSSR count). The van der Waals surface area contributed by atoms with Crippen LogP contribution in [0, 0.1) is 13.8 Å². The van der Waals surface area contributed by atoms with Crippen LogP contribution in [0.4, 0.5) is 0 Å². The number of hydrogen-bond donors (Lipinski definition) is 0. The lowest BCUT2D eigenvalue weighted by Gasteiger charge is -2.17. The van der Waals surface area contributed by atoms with Crippen molar-refractivity contribution >= 4 is 16.9 Å². The molecule has 0 saturated heterocycles. The number of carbonyl (C=O) groups excluding carboxylic acids is 1. The smallest absolute Gasteiger partial charge is 0.347 e. The summed E-state index contributed by atoms with van der Waals surface area (Å²) in [6.45, 7) is 9.25. The Morgan fingerprint density at radius 2 is 1.83 bits per heavy atom. The molecule has 0 saturated carbocycles. The molecule has 1 heterocycles. The number of ether oxygens (including phenoxy) is 3. The summed E-state index contributed by atoms with van der Waals surface area (Å²) in [4.78, 5) is 24.9. The van der Waals surface area contributed by atoms with E-state index in [0.29, 0.717) is 22.5 Å². The lowest BCUT2D eigenvalue weighted by Crippen LogP contribution is -2.29. The summed E-state index contributed by atoms with van der Waals surface area (Å²) in [6, 6.07) is 10.6. The zero-order valence-electron chi connectivity index (χ0n) is 17.9. The van der Waals surface area contributed by atoms with Crippen LogP contribution in [0.3, 0.4) is 0 Å². The van der Waals surface area contributed by atoms with Crippen LogP contribution in [0.15, 0.2) is 51.9 Å². The van der Waals surface area contributed by atoms with E-state index in [9.17, 15) is 9.59 Å². The number of aryl methyl sites for hydroxylation is 2. The highest BCUT2D eigenvalue weighted by atomic mass is 16.6. The maximum Gasteiger partial charge on any atom is 0.347 e. The van der Waals surface area contributed by atoms with Crippen LogP contribution in [0.1, 0.15) is 38.3 Å². The highest BCUT2D eigenvalue weighted by Gasteiger charge is 2.19. The lowest BCUT2D eigenvalue weighted by atomic mass is 10.1. The molecule has 6 heteroatoms. The number of esters is 1. The second-order valence-electron chi connectivity index (χ2n) is 7.37. The Kier molecular flexibility index (Phi) is 6.45. The van der Waals surface area contributed by atoms with Gasteiger partial charge in [-0.25, -0.2) is 4.79 Å². The van der Waals surface area contributed by atoms with Crippen molar-refractivity contribution < 1.29 is 23.4 Å². The average molecular weight is 410 g/mol. The van der Waals surface area contributed by atoms with Gasteiger partial charge in [0.15, 0.2) is 6.10 Å². The van der Waals surface area contributed by atoms with Crippen molar-refractivity contribution in [2.45, 2.75) is 53.2 Å². The molecule has 3 aromatic rings. The Morgan fingerprint density at radius 1 is 1.07 bits per heavy atom. The summed E-state index contributed by atoms with van der Waals surface area (Å²) in [5.41, 5.74) is 2.01. The molecule has 0 spiro atoms. The van der Waals surface area contributed by atoms with Crippen molar-refractivity contribution in [3.63, 3.8) is 0 Å². The van der Waals surface area contributed by atoms with Crippen LogP contribution in [-0.2, 0) is 9.53 Å². The summed E-state index contributed by atoms with van der Waals surface area (Å²) in [7, 11) is 0. The van der Waals surface area contributed by atoms with Gasteiger partial charge in [-0.1, -0.05) is 19.1 Å². The molecule has 0 aliphatic rings. The van der Waals surface area contributed by atoms with E-state index in [0.717, 1.165) is 17.5 Å². The second kappa shape index (κ2) is 9.03. The molecule has 6 nitrogen and oxygen atoms in total. The second-order valence-corrected chi connectivity index (χ2v) is 7.37. The molecule has 0 amide bonds. The number of rotatable bonds is 7. The molecule has 0 bridgehead atoms. The topological polar surface area (TPSA) is 75.0 Å². The molecule has 0 unspecified atom stereocenters. The predicted octanol–water partition coefficient (Wildman–Crippen LogP) is 5.31. The normalized spacial score (nSPS) is 13.0. The van der Waals surface area contributed by atoms with Crippen LogP contribution in [0.25, 0.3) is 11.0 Å². The minimum atomic E-state index is -0.782. The lowest BCUT2D eigenvalue weighted by molar-refractivity contribution is -0.155. The zero-order valence-corrected chi connectivity index (χ0v) is 17.9. The van der Waals surface area contributed by atoms with Crippen molar-refractivity contribution in [2.75, 3.05) is 0 Å².